The molecule has 0 radical (unpaired) electrons. The first-order valence-electron chi connectivity index (χ1n) is 8.05. The lowest BCUT2D eigenvalue weighted by molar-refractivity contribution is -0.137. The summed E-state index contributed by atoms with van der Waals surface area (Å²) in [5, 5.41) is 5.29. The Morgan fingerprint density at radius 3 is 2.41 bits per heavy atom. The predicted octanol–water partition coefficient (Wildman–Crippen LogP) is 4.39. The van der Waals surface area contributed by atoms with Gasteiger partial charge in [-0.05, 0) is 38.5 Å². The molecule has 1 rings (SSSR count). The summed E-state index contributed by atoms with van der Waals surface area (Å²) in [6, 6.07) is 3.53. The maximum atomic E-state index is 13.0. The standard InChI is InChI=1S/C17H22BrF3N2O4/c1-16(2,3)27-14(24)22-10-13(23-15(25)26-8-7-18)11-5-4-6-12(9-11)17(19,20)21/h4-6,9,13H,7-8,10H2,1-3H3,(H,22,24)(H,23,25). The normalized spacial score (nSPS) is 12.9. The summed E-state index contributed by atoms with van der Waals surface area (Å²) in [6.45, 7) is 4.92. The summed E-state index contributed by atoms with van der Waals surface area (Å²) < 4.78 is 48.8. The van der Waals surface area contributed by atoms with Crippen molar-refractivity contribution in [3.63, 3.8) is 0 Å². The van der Waals surface area contributed by atoms with Crippen LogP contribution < -0.4 is 10.6 Å². The second kappa shape index (κ2) is 9.82. The highest BCUT2D eigenvalue weighted by molar-refractivity contribution is 9.09. The molecule has 2 amide bonds. The van der Waals surface area contributed by atoms with Gasteiger partial charge in [-0.15, -0.1) is 0 Å². The topological polar surface area (TPSA) is 76.7 Å². The third-order valence-electron chi connectivity index (χ3n) is 3.07. The van der Waals surface area contributed by atoms with Gasteiger partial charge in [-0.2, -0.15) is 13.2 Å². The Hall–Kier alpha value is -1.97. The van der Waals surface area contributed by atoms with Gasteiger partial charge in [-0.3, -0.25) is 0 Å². The average molecular weight is 455 g/mol. The molecule has 1 aromatic carbocycles. The van der Waals surface area contributed by atoms with Crippen molar-refractivity contribution in [2.24, 2.45) is 0 Å². The van der Waals surface area contributed by atoms with E-state index in [1.807, 2.05) is 0 Å². The number of benzene rings is 1. The third kappa shape index (κ3) is 8.98. The quantitative estimate of drug-likeness (QED) is 0.624. The smallest absolute Gasteiger partial charge is 0.416 e. The number of nitrogens with one attached hydrogen (secondary N) is 2. The lowest BCUT2D eigenvalue weighted by Crippen LogP contribution is -2.40. The van der Waals surface area contributed by atoms with Crippen LogP contribution in [0.15, 0.2) is 24.3 Å². The van der Waals surface area contributed by atoms with Crippen LogP contribution in [0.4, 0.5) is 22.8 Å². The molecule has 0 aromatic heterocycles. The zero-order valence-electron chi connectivity index (χ0n) is 15.2. The van der Waals surface area contributed by atoms with Crippen molar-refractivity contribution in [2.45, 2.75) is 38.6 Å². The van der Waals surface area contributed by atoms with Crippen LogP contribution in [0.25, 0.3) is 0 Å². The van der Waals surface area contributed by atoms with E-state index in [4.69, 9.17) is 9.47 Å². The van der Waals surface area contributed by atoms with Crippen LogP contribution in [0.3, 0.4) is 0 Å². The summed E-state index contributed by atoms with van der Waals surface area (Å²) in [4.78, 5) is 23.6. The van der Waals surface area contributed by atoms with E-state index in [0.717, 1.165) is 12.1 Å². The number of carbonyl (C=O) groups excluding carboxylic acids is 2. The summed E-state index contributed by atoms with van der Waals surface area (Å²) in [7, 11) is 0. The van der Waals surface area contributed by atoms with Crippen LogP contribution in [-0.2, 0) is 15.7 Å². The van der Waals surface area contributed by atoms with Crippen molar-refractivity contribution in [3.8, 4) is 0 Å². The lowest BCUT2D eigenvalue weighted by Gasteiger charge is -2.23. The van der Waals surface area contributed by atoms with E-state index in [9.17, 15) is 22.8 Å². The van der Waals surface area contributed by atoms with Crippen LogP contribution in [0.1, 0.15) is 37.9 Å². The number of halogens is 4. The SMILES string of the molecule is CC(C)(C)OC(=O)NCC(NC(=O)OCCBr)c1cccc(C(F)(F)F)c1. The molecule has 0 saturated carbocycles. The van der Waals surface area contributed by atoms with Gasteiger partial charge in [0.2, 0.25) is 0 Å². The molecule has 0 aliphatic carbocycles. The summed E-state index contributed by atoms with van der Waals surface area (Å²) in [6.07, 6.45) is -6.10. The minimum absolute atomic E-state index is 0.0840. The molecule has 0 heterocycles. The van der Waals surface area contributed by atoms with Gasteiger partial charge >= 0.3 is 18.4 Å². The zero-order valence-corrected chi connectivity index (χ0v) is 16.7. The van der Waals surface area contributed by atoms with Gasteiger partial charge in [-0.25, -0.2) is 9.59 Å². The first-order valence-corrected chi connectivity index (χ1v) is 9.18. The van der Waals surface area contributed by atoms with Crippen molar-refractivity contribution >= 4 is 28.1 Å². The van der Waals surface area contributed by atoms with E-state index in [2.05, 4.69) is 26.6 Å². The number of rotatable bonds is 6. The number of ether oxygens (including phenoxy) is 2. The Bertz CT molecular complexity index is 648. The number of hydrogen-bond donors (Lipinski definition) is 2. The number of amides is 2. The van der Waals surface area contributed by atoms with Gasteiger partial charge in [0.25, 0.3) is 0 Å². The van der Waals surface area contributed by atoms with Crippen LogP contribution in [0.5, 0.6) is 0 Å². The fourth-order valence-corrected chi connectivity index (χ4v) is 2.16. The Morgan fingerprint density at radius 2 is 1.85 bits per heavy atom. The second-order valence-electron chi connectivity index (χ2n) is 6.53. The summed E-state index contributed by atoms with van der Waals surface area (Å²) >= 11 is 3.09. The Morgan fingerprint density at radius 1 is 1.19 bits per heavy atom. The maximum Gasteiger partial charge on any atom is 0.416 e. The molecule has 0 aliphatic rings. The van der Waals surface area contributed by atoms with Gasteiger partial charge < -0.3 is 20.1 Å². The van der Waals surface area contributed by atoms with E-state index in [1.165, 1.54) is 12.1 Å². The third-order valence-corrected chi connectivity index (χ3v) is 3.39. The molecule has 1 aromatic rings. The molecule has 1 unspecified atom stereocenters. The average Bonchev–Trinajstić information content (AvgIpc) is 2.54. The van der Waals surface area contributed by atoms with E-state index in [-0.39, 0.29) is 18.7 Å². The minimum atomic E-state index is -4.53. The second-order valence-corrected chi connectivity index (χ2v) is 7.32. The van der Waals surface area contributed by atoms with Gasteiger partial charge in [0.05, 0.1) is 11.6 Å². The highest BCUT2D eigenvalue weighted by Crippen LogP contribution is 2.30. The molecule has 10 heteroatoms. The van der Waals surface area contributed by atoms with Gasteiger partial charge in [0, 0.05) is 11.9 Å². The summed E-state index contributed by atoms with van der Waals surface area (Å²) in [5.74, 6) is 0. The van der Waals surface area contributed by atoms with Crippen molar-refractivity contribution < 1.29 is 32.2 Å². The largest absolute Gasteiger partial charge is 0.449 e. The van der Waals surface area contributed by atoms with Crippen molar-refractivity contribution in [1.29, 1.82) is 0 Å². The molecule has 0 aliphatic heterocycles. The monoisotopic (exact) mass is 454 g/mol. The van der Waals surface area contributed by atoms with Gasteiger partial charge in [0.15, 0.2) is 0 Å². The molecule has 152 valence electrons. The van der Waals surface area contributed by atoms with Crippen LogP contribution in [0, 0.1) is 0 Å². The Kier molecular flexibility index (Phi) is 8.39. The molecule has 1 atom stereocenters. The predicted molar refractivity (Wildman–Crippen MR) is 96.7 cm³/mol. The first kappa shape index (κ1) is 23.1. The summed E-state index contributed by atoms with van der Waals surface area (Å²) in [5.41, 5.74) is -1.44. The van der Waals surface area contributed by atoms with E-state index >= 15 is 0 Å². The van der Waals surface area contributed by atoms with Crippen LogP contribution in [0.2, 0.25) is 0 Å². The number of carbonyl (C=O) groups is 2. The Labute approximate surface area is 163 Å². The lowest BCUT2D eigenvalue weighted by atomic mass is 10.0. The molecule has 2 N–H and O–H groups in total. The molecular formula is C17H22BrF3N2O4. The van der Waals surface area contributed by atoms with Crippen LogP contribution >= 0.6 is 15.9 Å². The fourth-order valence-electron chi connectivity index (χ4n) is 2.00. The number of alkyl carbamates (subject to hydrolysis) is 2. The highest BCUT2D eigenvalue weighted by atomic mass is 79.9. The molecule has 0 saturated heterocycles. The Balaban J connectivity index is 2.94. The molecular weight excluding hydrogens is 433 g/mol. The molecule has 6 nitrogen and oxygen atoms in total. The minimum Gasteiger partial charge on any atom is -0.449 e. The van der Waals surface area contributed by atoms with E-state index in [1.54, 1.807) is 20.8 Å². The zero-order chi connectivity index (χ0) is 20.7. The number of alkyl halides is 4. The highest BCUT2D eigenvalue weighted by Gasteiger charge is 2.31. The maximum absolute atomic E-state index is 13.0. The van der Waals surface area contributed by atoms with E-state index < -0.39 is 35.6 Å². The van der Waals surface area contributed by atoms with Gasteiger partial charge in [0.1, 0.15) is 12.2 Å². The van der Waals surface area contributed by atoms with Crippen molar-refractivity contribution in [3.05, 3.63) is 35.4 Å². The molecule has 0 spiro atoms. The first-order chi connectivity index (χ1) is 12.4. The molecule has 0 fully saturated rings. The fraction of sp³-hybridized carbons (Fsp3) is 0.529. The van der Waals surface area contributed by atoms with Crippen molar-refractivity contribution in [1.82, 2.24) is 10.6 Å². The van der Waals surface area contributed by atoms with Crippen molar-refractivity contribution in [2.75, 3.05) is 18.5 Å². The van der Waals surface area contributed by atoms with Crippen LogP contribution in [-0.4, -0.2) is 36.3 Å². The number of hydrogen-bond acceptors (Lipinski definition) is 4. The molecule has 27 heavy (non-hydrogen) atoms. The van der Waals surface area contributed by atoms with Gasteiger partial charge in [-0.1, -0.05) is 28.1 Å². The van der Waals surface area contributed by atoms with E-state index in [0.29, 0.717) is 5.33 Å². The molecule has 0 bridgehead atoms.